The molecule has 0 saturated carbocycles. The lowest BCUT2D eigenvalue weighted by atomic mass is 9.40. The van der Waals surface area contributed by atoms with Gasteiger partial charge in [-0.05, 0) is 41.0 Å². The highest BCUT2D eigenvalue weighted by Gasteiger charge is 2.53. The molecule has 6 heteroatoms. The minimum atomic E-state index is -2.05. The Morgan fingerprint density at radius 1 is 0.971 bits per heavy atom. The predicted octanol–water partition coefficient (Wildman–Crippen LogP) is 4.15. The number of halogens is 1. The SMILES string of the molecule is C#C[C@@]1(F)C[C@@H](CO)O[C@H]1[B]C(c1ccccc1)(c1ccc(OC)cc1)c1ccc(OC)cc1. The number of methoxy groups -OCH3 is 2. The molecule has 0 aromatic heterocycles. The van der Waals surface area contributed by atoms with Gasteiger partial charge < -0.3 is 19.3 Å². The van der Waals surface area contributed by atoms with E-state index in [4.69, 9.17) is 20.6 Å². The molecule has 1 fully saturated rings. The van der Waals surface area contributed by atoms with Crippen LogP contribution in [-0.2, 0) is 10.1 Å². The molecule has 1 N–H and O–H groups in total. The quantitative estimate of drug-likeness (QED) is 0.314. The topological polar surface area (TPSA) is 47.9 Å². The van der Waals surface area contributed by atoms with Crippen LogP contribution in [0, 0.1) is 12.3 Å². The average Bonchev–Trinajstić information content (AvgIpc) is 3.23. The molecule has 0 aliphatic carbocycles. The van der Waals surface area contributed by atoms with E-state index in [0.29, 0.717) is 11.5 Å². The van der Waals surface area contributed by atoms with Gasteiger partial charge in [-0.2, -0.15) is 0 Å². The van der Waals surface area contributed by atoms with Gasteiger partial charge in [-0.3, -0.25) is 0 Å². The van der Waals surface area contributed by atoms with Crippen molar-refractivity contribution >= 4 is 7.28 Å². The molecule has 3 aromatic carbocycles. The molecule has 3 aromatic rings. The predicted molar refractivity (Wildman–Crippen MR) is 131 cm³/mol. The van der Waals surface area contributed by atoms with Gasteiger partial charge >= 0.3 is 0 Å². The zero-order chi connectivity index (χ0) is 24.2. The first-order chi connectivity index (χ1) is 16.5. The van der Waals surface area contributed by atoms with Crippen molar-refractivity contribution in [2.24, 2.45) is 0 Å². The highest BCUT2D eigenvalue weighted by Crippen LogP contribution is 2.44. The van der Waals surface area contributed by atoms with E-state index in [1.807, 2.05) is 86.1 Å². The Bertz CT molecular complexity index is 1080. The molecule has 0 amide bonds. The largest absolute Gasteiger partial charge is 0.497 e. The van der Waals surface area contributed by atoms with Crippen molar-refractivity contribution in [3.05, 3.63) is 95.6 Å². The highest BCUT2D eigenvalue weighted by molar-refractivity contribution is 6.45. The fourth-order valence-electron chi connectivity index (χ4n) is 4.66. The normalized spacial score (nSPS) is 22.1. The number of benzene rings is 3. The van der Waals surface area contributed by atoms with Crippen LogP contribution in [0.1, 0.15) is 23.1 Å². The summed E-state index contributed by atoms with van der Waals surface area (Å²) in [6, 6.07) is 24.1. The summed E-state index contributed by atoms with van der Waals surface area (Å²) in [6.07, 6.45) is 4.90. The molecule has 0 unspecified atom stereocenters. The summed E-state index contributed by atoms with van der Waals surface area (Å²) in [5.41, 5.74) is 0.646. The van der Waals surface area contributed by atoms with Crippen molar-refractivity contribution in [2.45, 2.75) is 29.5 Å². The number of ether oxygens (including phenoxy) is 3. The van der Waals surface area contributed by atoms with E-state index in [0.717, 1.165) is 16.7 Å². The number of alkyl halides is 1. The van der Waals surface area contributed by atoms with Crippen molar-refractivity contribution in [3.63, 3.8) is 0 Å². The molecule has 0 bridgehead atoms. The summed E-state index contributed by atoms with van der Waals surface area (Å²) in [4.78, 5) is 0. The maximum Gasteiger partial charge on any atom is 0.191 e. The van der Waals surface area contributed by atoms with Gasteiger partial charge in [0.05, 0.1) is 32.9 Å². The third kappa shape index (κ3) is 4.30. The van der Waals surface area contributed by atoms with Crippen LogP contribution in [-0.4, -0.2) is 51.0 Å². The van der Waals surface area contributed by atoms with Crippen molar-refractivity contribution in [3.8, 4) is 23.8 Å². The van der Waals surface area contributed by atoms with Crippen molar-refractivity contribution in [1.82, 2.24) is 0 Å². The van der Waals surface area contributed by atoms with Gasteiger partial charge in [-0.15, -0.1) is 6.42 Å². The monoisotopic (exact) mass is 457 g/mol. The summed E-state index contributed by atoms with van der Waals surface area (Å²) in [7, 11) is 5.06. The standard InChI is InChI=1S/C28H27BFO4/c1-4-27(30)18-25(19-31)34-26(27)29-28(20-8-6-5-7-9-20,21-10-14-23(32-2)15-11-21)22-12-16-24(33-3)17-13-22/h1,5-17,25-26,31H,18-19H2,2-3H3/t25-,26+,27+/m0/s1. The van der Waals surface area contributed by atoms with Crippen LogP contribution in [0.15, 0.2) is 78.9 Å². The Balaban J connectivity index is 1.95. The van der Waals surface area contributed by atoms with Crippen molar-refractivity contribution < 1.29 is 23.7 Å². The van der Waals surface area contributed by atoms with Gasteiger partial charge in [0.2, 0.25) is 0 Å². The first kappa shape index (κ1) is 23.9. The minimum Gasteiger partial charge on any atom is -0.497 e. The van der Waals surface area contributed by atoms with Crippen LogP contribution in [0.2, 0.25) is 0 Å². The van der Waals surface area contributed by atoms with Gasteiger partial charge in [0.25, 0.3) is 0 Å². The molecule has 34 heavy (non-hydrogen) atoms. The maximum absolute atomic E-state index is 15.9. The number of rotatable bonds is 8. The van der Waals surface area contributed by atoms with Crippen molar-refractivity contribution in [1.29, 1.82) is 0 Å². The lowest BCUT2D eigenvalue weighted by Gasteiger charge is -2.39. The zero-order valence-electron chi connectivity index (χ0n) is 19.3. The summed E-state index contributed by atoms with van der Waals surface area (Å²) in [6.45, 7) is -0.304. The summed E-state index contributed by atoms with van der Waals surface area (Å²) in [5, 5.41) is 8.76. The molecule has 1 aliphatic rings. The van der Waals surface area contributed by atoms with E-state index in [2.05, 4.69) is 5.92 Å². The number of aliphatic hydroxyl groups is 1. The van der Waals surface area contributed by atoms with E-state index in [1.54, 1.807) is 14.2 Å². The minimum absolute atomic E-state index is 0.0722. The van der Waals surface area contributed by atoms with Crippen LogP contribution in [0.4, 0.5) is 4.39 Å². The van der Waals surface area contributed by atoms with Gasteiger partial charge in [-0.1, -0.05) is 60.5 Å². The molecule has 1 heterocycles. The number of hydrogen-bond acceptors (Lipinski definition) is 4. The molecule has 1 saturated heterocycles. The zero-order valence-corrected chi connectivity index (χ0v) is 19.3. The Morgan fingerprint density at radius 3 is 1.91 bits per heavy atom. The van der Waals surface area contributed by atoms with E-state index in [-0.39, 0.29) is 13.0 Å². The van der Waals surface area contributed by atoms with E-state index in [9.17, 15) is 5.11 Å². The second-order valence-corrected chi connectivity index (χ2v) is 8.37. The summed E-state index contributed by atoms with van der Waals surface area (Å²) >= 11 is 0. The fraction of sp³-hybridized carbons (Fsp3) is 0.286. The lowest BCUT2D eigenvalue weighted by Crippen LogP contribution is -2.48. The second kappa shape index (κ2) is 9.93. The van der Waals surface area contributed by atoms with Gasteiger partial charge in [-0.25, -0.2) is 4.39 Å². The van der Waals surface area contributed by atoms with Gasteiger partial charge in [0, 0.05) is 11.7 Å². The Morgan fingerprint density at radius 2 is 1.47 bits per heavy atom. The lowest BCUT2D eigenvalue weighted by molar-refractivity contribution is 0.0303. The van der Waals surface area contributed by atoms with Crippen LogP contribution in [0.3, 0.4) is 0 Å². The molecular formula is C28H27BFO4. The highest BCUT2D eigenvalue weighted by atomic mass is 19.1. The number of hydrogen-bond donors (Lipinski definition) is 1. The van der Waals surface area contributed by atoms with Crippen LogP contribution in [0.5, 0.6) is 11.5 Å². The third-order valence-electron chi connectivity index (χ3n) is 6.48. The Kier molecular flexibility index (Phi) is 6.97. The van der Waals surface area contributed by atoms with Gasteiger partial charge in [0.1, 0.15) is 11.5 Å². The van der Waals surface area contributed by atoms with E-state index < -0.39 is 23.1 Å². The molecule has 3 atom stereocenters. The Labute approximate surface area is 200 Å². The number of terminal acetylenes is 1. The van der Waals surface area contributed by atoms with E-state index in [1.165, 1.54) is 0 Å². The first-order valence-electron chi connectivity index (χ1n) is 11.1. The van der Waals surface area contributed by atoms with E-state index >= 15 is 4.39 Å². The molecule has 4 nitrogen and oxygen atoms in total. The Hall–Kier alpha value is -3.27. The molecule has 173 valence electrons. The molecule has 0 spiro atoms. The molecule has 1 radical (unpaired) electrons. The number of aliphatic hydroxyl groups excluding tert-OH is 1. The van der Waals surface area contributed by atoms with Crippen LogP contribution < -0.4 is 9.47 Å². The second-order valence-electron chi connectivity index (χ2n) is 8.37. The summed E-state index contributed by atoms with van der Waals surface area (Å²) in [5.74, 6) is 3.71. The maximum atomic E-state index is 15.9. The van der Waals surface area contributed by atoms with Gasteiger partial charge in [0.15, 0.2) is 12.9 Å². The molecule has 1 aliphatic heterocycles. The third-order valence-corrected chi connectivity index (χ3v) is 6.48. The fourth-order valence-corrected chi connectivity index (χ4v) is 4.66. The van der Waals surface area contributed by atoms with Crippen LogP contribution in [0.25, 0.3) is 0 Å². The average molecular weight is 457 g/mol. The van der Waals surface area contributed by atoms with Crippen molar-refractivity contribution in [2.75, 3.05) is 20.8 Å². The smallest absolute Gasteiger partial charge is 0.191 e. The van der Waals surface area contributed by atoms with Crippen LogP contribution >= 0.6 is 0 Å². The first-order valence-corrected chi connectivity index (χ1v) is 11.1. The molecule has 4 rings (SSSR count). The summed E-state index contributed by atoms with van der Waals surface area (Å²) < 4.78 is 32.6. The molecular weight excluding hydrogens is 430 g/mol.